The van der Waals surface area contributed by atoms with Crippen molar-refractivity contribution in [3.05, 3.63) is 95.6 Å². The molecule has 3 aromatic rings. The van der Waals surface area contributed by atoms with Crippen LogP contribution in [0.25, 0.3) is 0 Å². The second-order valence-corrected chi connectivity index (χ2v) is 7.57. The molecule has 0 aliphatic carbocycles. The average molecular weight is 399 g/mol. The van der Waals surface area contributed by atoms with Gasteiger partial charge in [-0.25, -0.2) is 4.79 Å². The summed E-state index contributed by atoms with van der Waals surface area (Å²) in [6, 6.07) is 24.8. The zero-order valence-corrected chi connectivity index (χ0v) is 17.0. The molecule has 1 N–H and O–H groups in total. The fourth-order valence-electron chi connectivity index (χ4n) is 3.72. The molecule has 0 radical (unpaired) electrons. The van der Waals surface area contributed by atoms with Crippen LogP contribution in [0.3, 0.4) is 0 Å². The predicted octanol–water partition coefficient (Wildman–Crippen LogP) is 5.08. The van der Waals surface area contributed by atoms with Crippen LogP contribution in [-0.4, -0.2) is 29.9 Å². The van der Waals surface area contributed by atoms with Gasteiger partial charge in [-0.05, 0) is 55.3 Å². The minimum Gasteiger partial charge on any atom is -0.322 e. The third-order valence-electron chi connectivity index (χ3n) is 5.24. The summed E-state index contributed by atoms with van der Waals surface area (Å²) in [6.07, 6.45) is 0.911. The minimum absolute atomic E-state index is 0.00393. The number of hydrogen-bond acceptors (Lipinski definition) is 2. The molecule has 0 unspecified atom stereocenters. The monoisotopic (exact) mass is 399 g/mol. The molecule has 0 aromatic heterocycles. The average Bonchev–Trinajstić information content (AvgIpc) is 2.76. The molecular formula is C25H25N3O2. The Morgan fingerprint density at radius 1 is 0.933 bits per heavy atom. The topological polar surface area (TPSA) is 52.6 Å². The van der Waals surface area contributed by atoms with Gasteiger partial charge in [-0.1, -0.05) is 48.0 Å². The zero-order valence-electron chi connectivity index (χ0n) is 17.0. The van der Waals surface area contributed by atoms with E-state index >= 15 is 0 Å². The van der Waals surface area contributed by atoms with Gasteiger partial charge in [0.15, 0.2) is 0 Å². The molecule has 5 heteroatoms. The highest BCUT2D eigenvalue weighted by Crippen LogP contribution is 2.22. The lowest BCUT2D eigenvalue weighted by atomic mass is 10.1. The molecule has 0 saturated carbocycles. The lowest BCUT2D eigenvalue weighted by molar-refractivity contribution is 0.102. The molecule has 4 rings (SSSR count). The van der Waals surface area contributed by atoms with Gasteiger partial charge >= 0.3 is 6.03 Å². The standard InChI is InChI=1S/C25H25N3O2/c1-19-7-5-8-20(17-19)18-27-15-6-16-28(25(27)30)23-13-11-21(12-14-23)24(29)26-22-9-3-2-4-10-22/h2-5,7-14,17H,6,15-16,18H2,1H3,(H,26,29). The number of rotatable bonds is 5. The van der Waals surface area contributed by atoms with Gasteiger partial charge < -0.3 is 10.2 Å². The van der Waals surface area contributed by atoms with Gasteiger partial charge in [0, 0.05) is 36.6 Å². The number of nitrogens with one attached hydrogen (secondary N) is 1. The Kier molecular flexibility index (Phi) is 5.80. The second-order valence-electron chi connectivity index (χ2n) is 7.57. The maximum Gasteiger partial charge on any atom is 0.324 e. The first-order valence-electron chi connectivity index (χ1n) is 10.2. The molecular weight excluding hydrogens is 374 g/mol. The van der Waals surface area contributed by atoms with Gasteiger partial charge in [-0.3, -0.25) is 9.69 Å². The molecule has 1 aliphatic heterocycles. The third kappa shape index (κ3) is 4.51. The van der Waals surface area contributed by atoms with E-state index in [0.717, 1.165) is 29.9 Å². The molecule has 0 atom stereocenters. The van der Waals surface area contributed by atoms with E-state index in [4.69, 9.17) is 0 Å². The normalized spacial score (nSPS) is 14.0. The summed E-state index contributed by atoms with van der Waals surface area (Å²) < 4.78 is 0. The first-order chi connectivity index (χ1) is 14.6. The largest absolute Gasteiger partial charge is 0.324 e. The molecule has 30 heavy (non-hydrogen) atoms. The summed E-state index contributed by atoms with van der Waals surface area (Å²) in [5.41, 5.74) is 4.45. The maximum atomic E-state index is 13.0. The summed E-state index contributed by atoms with van der Waals surface area (Å²) in [5.74, 6) is -0.168. The highest BCUT2D eigenvalue weighted by Gasteiger charge is 2.26. The highest BCUT2D eigenvalue weighted by molar-refractivity contribution is 6.04. The maximum absolute atomic E-state index is 13.0. The number of hydrogen-bond donors (Lipinski definition) is 1. The van der Waals surface area contributed by atoms with E-state index in [1.165, 1.54) is 5.56 Å². The van der Waals surface area contributed by atoms with Crippen LogP contribution in [0.4, 0.5) is 16.2 Å². The fourth-order valence-corrected chi connectivity index (χ4v) is 3.72. The Labute approximate surface area is 176 Å². The lowest BCUT2D eigenvalue weighted by Gasteiger charge is -2.35. The molecule has 3 amide bonds. The van der Waals surface area contributed by atoms with E-state index in [9.17, 15) is 9.59 Å². The summed E-state index contributed by atoms with van der Waals surface area (Å²) in [4.78, 5) is 29.2. The summed E-state index contributed by atoms with van der Waals surface area (Å²) in [6.45, 7) is 4.09. The van der Waals surface area contributed by atoms with E-state index in [0.29, 0.717) is 18.7 Å². The minimum atomic E-state index is -0.168. The number of urea groups is 1. The summed E-state index contributed by atoms with van der Waals surface area (Å²) in [7, 11) is 0. The van der Waals surface area contributed by atoms with Crippen LogP contribution in [0.1, 0.15) is 27.9 Å². The van der Waals surface area contributed by atoms with Gasteiger partial charge in [-0.2, -0.15) is 0 Å². The van der Waals surface area contributed by atoms with Crippen LogP contribution in [-0.2, 0) is 6.54 Å². The molecule has 5 nitrogen and oxygen atoms in total. The van der Waals surface area contributed by atoms with Crippen LogP contribution in [0.2, 0.25) is 0 Å². The first kappa shape index (κ1) is 19.7. The van der Waals surface area contributed by atoms with E-state index in [1.807, 2.05) is 53.4 Å². The molecule has 152 valence electrons. The Balaban J connectivity index is 1.44. The predicted molar refractivity (Wildman–Crippen MR) is 120 cm³/mol. The van der Waals surface area contributed by atoms with Gasteiger partial charge in [0.25, 0.3) is 5.91 Å². The van der Waals surface area contributed by atoms with E-state index in [-0.39, 0.29) is 11.9 Å². The zero-order chi connectivity index (χ0) is 20.9. The molecule has 1 fully saturated rings. The summed E-state index contributed by atoms with van der Waals surface area (Å²) in [5, 5.41) is 2.88. The quantitative estimate of drug-likeness (QED) is 0.650. The summed E-state index contributed by atoms with van der Waals surface area (Å²) >= 11 is 0. The van der Waals surface area contributed by atoms with Crippen molar-refractivity contribution in [3.63, 3.8) is 0 Å². The van der Waals surface area contributed by atoms with Crippen molar-refractivity contribution in [3.8, 4) is 0 Å². The molecule has 1 saturated heterocycles. The van der Waals surface area contributed by atoms with Gasteiger partial charge in [0.05, 0.1) is 0 Å². The SMILES string of the molecule is Cc1cccc(CN2CCCN(c3ccc(C(=O)Nc4ccccc4)cc3)C2=O)c1. The second kappa shape index (κ2) is 8.82. The van der Waals surface area contributed by atoms with E-state index in [2.05, 4.69) is 30.4 Å². The number of aryl methyl sites for hydroxylation is 1. The van der Waals surface area contributed by atoms with Crippen molar-refractivity contribution >= 4 is 23.3 Å². The van der Waals surface area contributed by atoms with Crippen LogP contribution < -0.4 is 10.2 Å². The van der Waals surface area contributed by atoms with Crippen LogP contribution in [0.15, 0.2) is 78.9 Å². The molecule has 3 aromatic carbocycles. The number of amides is 3. The van der Waals surface area contributed by atoms with Crippen molar-refractivity contribution in [1.82, 2.24) is 4.90 Å². The smallest absolute Gasteiger partial charge is 0.322 e. The Bertz CT molecular complexity index is 1030. The van der Waals surface area contributed by atoms with Gasteiger partial charge in [0.1, 0.15) is 0 Å². The van der Waals surface area contributed by atoms with Gasteiger partial charge in [-0.15, -0.1) is 0 Å². The molecule has 1 heterocycles. The highest BCUT2D eigenvalue weighted by atomic mass is 16.2. The lowest BCUT2D eigenvalue weighted by Crippen LogP contribution is -2.49. The van der Waals surface area contributed by atoms with Crippen LogP contribution in [0, 0.1) is 6.92 Å². The van der Waals surface area contributed by atoms with E-state index in [1.54, 1.807) is 17.0 Å². The molecule has 1 aliphatic rings. The van der Waals surface area contributed by atoms with Crippen molar-refractivity contribution in [1.29, 1.82) is 0 Å². The van der Waals surface area contributed by atoms with Crippen molar-refractivity contribution in [2.75, 3.05) is 23.3 Å². The third-order valence-corrected chi connectivity index (χ3v) is 5.24. The number of anilines is 2. The van der Waals surface area contributed by atoms with Gasteiger partial charge in [0.2, 0.25) is 0 Å². The Hall–Kier alpha value is -3.60. The van der Waals surface area contributed by atoms with Crippen molar-refractivity contribution in [2.45, 2.75) is 19.9 Å². The molecule has 0 spiro atoms. The van der Waals surface area contributed by atoms with E-state index < -0.39 is 0 Å². The fraction of sp³-hybridized carbons (Fsp3) is 0.200. The number of nitrogens with zero attached hydrogens (tertiary/aromatic N) is 2. The van der Waals surface area contributed by atoms with Crippen LogP contribution >= 0.6 is 0 Å². The number of carbonyl (C=O) groups excluding carboxylic acids is 2. The number of carbonyl (C=O) groups is 2. The first-order valence-corrected chi connectivity index (χ1v) is 10.2. The Morgan fingerprint density at radius 3 is 2.43 bits per heavy atom. The Morgan fingerprint density at radius 2 is 1.70 bits per heavy atom. The number of benzene rings is 3. The van der Waals surface area contributed by atoms with Crippen molar-refractivity contribution in [2.24, 2.45) is 0 Å². The van der Waals surface area contributed by atoms with Crippen LogP contribution in [0.5, 0.6) is 0 Å². The number of para-hydroxylation sites is 1. The van der Waals surface area contributed by atoms with Crippen molar-refractivity contribution < 1.29 is 9.59 Å². The molecule has 0 bridgehead atoms.